The predicted octanol–water partition coefficient (Wildman–Crippen LogP) is 5.44. The van der Waals surface area contributed by atoms with E-state index < -0.39 is 11.7 Å². The Morgan fingerprint density at radius 2 is 2.07 bits per heavy atom. The molecule has 0 aliphatic carbocycles. The number of H-pyrrole nitrogens is 1. The van der Waals surface area contributed by atoms with E-state index in [4.69, 9.17) is 4.74 Å². The van der Waals surface area contributed by atoms with Gasteiger partial charge >= 0.3 is 6.09 Å². The summed E-state index contributed by atoms with van der Waals surface area (Å²) in [6.45, 7) is 6.00. The first-order valence-corrected chi connectivity index (χ1v) is 11.3. The van der Waals surface area contributed by atoms with Gasteiger partial charge in [0.1, 0.15) is 17.2 Å². The van der Waals surface area contributed by atoms with Crippen LogP contribution in [0.5, 0.6) is 0 Å². The zero-order valence-electron chi connectivity index (χ0n) is 17.2. The Bertz CT molecular complexity index is 1040. The van der Waals surface area contributed by atoms with Crippen molar-refractivity contribution in [1.82, 2.24) is 9.97 Å². The van der Waals surface area contributed by atoms with E-state index >= 15 is 0 Å². The quantitative estimate of drug-likeness (QED) is 0.565. The number of nitrogens with zero attached hydrogens (tertiary/aromatic N) is 2. The molecule has 5 nitrogen and oxygen atoms in total. The standard InChI is InChI=1S/C22H26FN3O2S/c1-22(2,3)28-21(27)26(10-11-29(4)5)20-9-6-15(13-25-20)18-14-24-19-12-16(23)7-8-17(18)19/h6-9,12-14,24H,4,10-11H2,1-3,5H3. The van der Waals surface area contributed by atoms with Gasteiger partial charge in [-0.1, -0.05) is 5.87 Å². The minimum atomic E-state index is -0.590. The monoisotopic (exact) mass is 415 g/mol. The Hall–Kier alpha value is -2.67. The van der Waals surface area contributed by atoms with Crippen LogP contribution in [0.4, 0.5) is 15.0 Å². The number of amides is 1. The second-order valence-electron chi connectivity index (χ2n) is 7.91. The molecule has 3 rings (SSSR count). The Kier molecular flexibility index (Phi) is 6.07. The van der Waals surface area contributed by atoms with Gasteiger partial charge in [-0.05, 0) is 57.4 Å². The van der Waals surface area contributed by atoms with Gasteiger partial charge in [0.2, 0.25) is 0 Å². The van der Waals surface area contributed by atoms with Crippen LogP contribution in [0, 0.1) is 5.82 Å². The van der Waals surface area contributed by atoms with Gasteiger partial charge in [-0.15, -0.1) is 0 Å². The molecule has 0 spiro atoms. The average molecular weight is 416 g/mol. The van der Waals surface area contributed by atoms with Crippen LogP contribution in [0.15, 0.2) is 42.7 Å². The highest BCUT2D eigenvalue weighted by molar-refractivity contribution is 8.13. The molecule has 29 heavy (non-hydrogen) atoms. The van der Waals surface area contributed by atoms with E-state index in [0.717, 1.165) is 27.8 Å². The van der Waals surface area contributed by atoms with Gasteiger partial charge in [0.25, 0.3) is 0 Å². The van der Waals surface area contributed by atoms with Crippen LogP contribution >= 0.6 is 10.5 Å². The van der Waals surface area contributed by atoms with Crippen molar-refractivity contribution in [3.05, 3.63) is 48.5 Å². The molecule has 0 saturated carbocycles. The van der Waals surface area contributed by atoms with Crippen molar-refractivity contribution in [2.75, 3.05) is 23.5 Å². The highest BCUT2D eigenvalue weighted by Crippen LogP contribution is 2.29. The fourth-order valence-electron chi connectivity index (χ4n) is 2.91. The van der Waals surface area contributed by atoms with Gasteiger partial charge in [-0.2, -0.15) is 10.5 Å². The van der Waals surface area contributed by atoms with Gasteiger partial charge in [0, 0.05) is 46.7 Å². The van der Waals surface area contributed by atoms with Gasteiger partial charge in [-0.3, -0.25) is 4.90 Å². The highest BCUT2D eigenvalue weighted by Gasteiger charge is 2.24. The smallest absolute Gasteiger partial charge is 0.416 e. The number of rotatable bonds is 5. The Labute approximate surface area is 172 Å². The molecule has 2 aromatic heterocycles. The van der Waals surface area contributed by atoms with E-state index in [0.29, 0.717) is 12.4 Å². The van der Waals surface area contributed by atoms with Gasteiger partial charge in [0.05, 0.1) is 0 Å². The van der Waals surface area contributed by atoms with Crippen molar-refractivity contribution >= 4 is 39.2 Å². The van der Waals surface area contributed by atoms with E-state index in [1.165, 1.54) is 12.1 Å². The van der Waals surface area contributed by atoms with Crippen LogP contribution in [0.1, 0.15) is 20.8 Å². The molecule has 1 unspecified atom stereocenters. The predicted molar refractivity (Wildman–Crippen MR) is 121 cm³/mol. The third kappa shape index (κ3) is 5.23. The molecule has 154 valence electrons. The topological polar surface area (TPSA) is 58.2 Å². The molecule has 7 heteroatoms. The number of carbonyl (C=O) groups excluding carboxylic acids is 1. The molecular formula is C22H26FN3O2S. The molecule has 0 fully saturated rings. The molecule has 0 bridgehead atoms. The summed E-state index contributed by atoms with van der Waals surface area (Å²) in [6.07, 6.45) is 5.15. The minimum absolute atomic E-state index is 0.0580. The maximum Gasteiger partial charge on any atom is 0.416 e. The second kappa shape index (κ2) is 8.37. The van der Waals surface area contributed by atoms with E-state index in [1.54, 1.807) is 23.2 Å². The molecule has 1 aromatic carbocycles. The third-order valence-corrected chi connectivity index (χ3v) is 5.14. The van der Waals surface area contributed by atoms with Crippen LogP contribution < -0.4 is 4.90 Å². The van der Waals surface area contributed by atoms with Crippen molar-refractivity contribution in [3.8, 4) is 11.1 Å². The summed E-state index contributed by atoms with van der Waals surface area (Å²) in [5.41, 5.74) is 1.94. The number of aromatic nitrogens is 2. The van der Waals surface area contributed by atoms with Crippen LogP contribution in [0.25, 0.3) is 22.0 Å². The second-order valence-corrected chi connectivity index (χ2v) is 9.89. The zero-order chi connectivity index (χ0) is 21.2. The first kappa shape index (κ1) is 21.0. The first-order chi connectivity index (χ1) is 13.6. The van der Waals surface area contributed by atoms with Crippen molar-refractivity contribution in [2.45, 2.75) is 26.4 Å². The summed E-state index contributed by atoms with van der Waals surface area (Å²) in [7, 11) is -0.0580. The fraction of sp³-hybridized carbons (Fsp3) is 0.318. The number of nitrogens with one attached hydrogen (secondary N) is 1. The molecule has 3 aromatic rings. The molecule has 0 radical (unpaired) electrons. The van der Waals surface area contributed by atoms with Gasteiger partial charge < -0.3 is 9.72 Å². The summed E-state index contributed by atoms with van der Waals surface area (Å²) < 4.78 is 19.0. The molecule has 1 N–H and O–H groups in total. The van der Waals surface area contributed by atoms with E-state index in [-0.39, 0.29) is 16.3 Å². The van der Waals surface area contributed by atoms with E-state index in [9.17, 15) is 9.18 Å². The number of anilines is 1. The number of fused-ring (bicyclic) bond motifs is 1. The SMILES string of the molecule is C=S(C)CCN(C(=O)OC(C)(C)C)c1ccc(-c2c[nH]c3cc(F)ccc23)cn1. The molecule has 1 atom stereocenters. The van der Waals surface area contributed by atoms with Crippen LogP contribution in [-0.4, -0.2) is 46.1 Å². The first-order valence-electron chi connectivity index (χ1n) is 9.30. The number of halogens is 1. The number of hydrogen-bond donors (Lipinski definition) is 1. The lowest BCUT2D eigenvalue weighted by Gasteiger charge is -2.27. The lowest BCUT2D eigenvalue weighted by Crippen LogP contribution is -2.38. The normalized spacial score (nSPS) is 12.7. The number of hydrogen-bond acceptors (Lipinski definition) is 3. The zero-order valence-corrected chi connectivity index (χ0v) is 18.0. The number of aromatic amines is 1. The lowest BCUT2D eigenvalue weighted by atomic mass is 10.1. The van der Waals surface area contributed by atoms with E-state index in [2.05, 4.69) is 15.8 Å². The molecule has 1 amide bonds. The van der Waals surface area contributed by atoms with Crippen LogP contribution in [0.2, 0.25) is 0 Å². The third-order valence-electron chi connectivity index (χ3n) is 4.26. The summed E-state index contributed by atoms with van der Waals surface area (Å²) >= 11 is 0. The van der Waals surface area contributed by atoms with Crippen molar-refractivity contribution in [2.24, 2.45) is 0 Å². The Morgan fingerprint density at radius 1 is 1.31 bits per heavy atom. The summed E-state index contributed by atoms with van der Waals surface area (Å²) in [4.78, 5) is 21.8. The fourth-order valence-corrected chi connectivity index (χ4v) is 3.40. The largest absolute Gasteiger partial charge is 0.443 e. The van der Waals surface area contributed by atoms with Crippen LogP contribution in [0.3, 0.4) is 0 Å². The molecule has 0 aliphatic heterocycles. The molecular weight excluding hydrogens is 389 g/mol. The summed E-state index contributed by atoms with van der Waals surface area (Å²) in [6, 6.07) is 8.35. The van der Waals surface area contributed by atoms with Crippen LogP contribution in [-0.2, 0) is 4.74 Å². The lowest BCUT2D eigenvalue weighted by molar-refractivity contribution is 0.0581. The molecule has 0 aliphatic rings. The maximum absolute atomic E-state index is 13.4. The van der Waals surface area contributed by atoms with Gasteiger partial charge in [0.15, 0.2) is 0 Å². The number of ether oxygens (including phenoxy) is 1. The number of benzene rings is 1. The Morgan fingerprint density at radius 3 is 2.69 bits per heavy atom. The number of carbonyl (C=O) groups is 1. The van der Waals surface area contributed by atoms with Crippen molar-refractivity contribution in [3.63, 3.8) is 0 Å². The molecule has 2 heterocycles. The highest BCUT2D eigenvalue weighted by atomic mass is 32.2. The molecule has 0 saturated heterocycles. The summed E-state index contributed by atoms with van der Waals surface area (Å²) in [5, 5.41) is 0.914. The number of pyridine rings is 1. The maximum atomic E-state index is 13.4. The summed E-state index contributed by atoms with van der Waals surface area (Å²) in [5.74, 6) is 5.02. The Balaban J connectivity index is 1.89. The average Bonchev–Trinajstić information content (AvgIpc) is 3.03. The minimum Gasteiger partial charge on any atom is -0.443 e. The van der Waals surface area contributed by atoms with Gasteiger partial charge in [-0.25, -0.2) is 14.2 Å². The van der Waals surface area contributed by atoms with Crippen molar-refractivity contribution < 1.29 is 13.9 Å². The van der Waals surface area contributed by atoms with E-state index in [1.807, 2.05) is 39.3 Å². The van der Waals surface area contributed by atoms with Crippen molar-refractivity contribution in [1.29, 1.82) is 0 Å².